The van der Waals surface area contributed by atoms with Crippen LogP contribution in [0.1, 0.15) is 11.1 Å². The summed E-state index contributed by atoms with van der Waals surface area (Å²) in [5.41, 5.74) is 2.88. The lowest BCUT2D eigenvalue weighted by Crippen LogP contribution is -2.04. The molecular weight excluding hydrogens is 395 g/mol. The molecule has 0 N–H and O–H groups in total. The number of aromatic nitrogens is 4. The second kappa shape index (κ2) is 8.54. The highest BCUT2D eigenvalue weighted by Gasteiger charge is 2.16. The average molecular weight is 411 g/mol. The van der Waals surface area contributed by atoms with Gasteiger partial charge in [-0.1, -0.05) is 59.8 Å². The van der Waals surface area contributed by atoms with E-state index >= 15 is 0 Å². The van der Waals surface area contributed by atoms with E-state index in [9.17, 15) is 4.39 Å². The minimum Gasteiger partial charge on any atom is -0.298 e. The topological polar surface area (TPSA) is 43.6 Å². The summed E-state index contributed by atoms with van der Waals surface area (Å²) in [5, 5.41) is 10.00. The number of thioether (sulfide) groups is 1. The molecule has 0 spiro atoms. The van der Waals surface area contributed by atoms with Crippen LogP contribution in [-0.2, 0) is 12.3 Å². The molecule has 4 nitrogen and oxygen atoms in total. The van der Waals surface area contributed by atoms with Gasteiger partial charge in [0.05, 0.1) is 6.54 Å². The Labute approximate surface area is 171 Å². The molecule has 2 aromatic heterocycles. The fraction of sp³-hybridized carbons (Fsp3) is 0.0952. The maximum atomic E-state index is 13.3. The van der Waals surface area contributed by atoms with E-state index in [0.717, 1.165) is 21.8 Å². The van der Waals surface area contributed by atoms with Crippen molar-refractivity contribution in [2.24, 2.45) is 0 Å². The monoisotopic (exact) mass is 410 g/mol. The van der Waals surface area contributed by atoms with Gasteiger partial charge in [-0.15, -0.1) is 10.2 Å². The van der Waals surface area contributed by atoms with Crippen molar-refractivity contribution in [2.75, 3.05) is 0 Å². The van der Waals surface area contributed by atoms with Gasteiger partial charge in [0, 0.05) is 17.5 Å². The number of pyridine rings is 1. The van der Waals surface area contributed by atoms with E-state index in [0.29, 0.717) is 23.3 Å². The first-order valence-electron chi connectivity index (χ1n) is 8.66. The van der Waals surface area contributed by atoms with Crippen molar-refractivity contribution in [1.82, 2.24) is 19.7 Å². The summed E-state index contributed by atoms with van der Waals surface area (Å²) >= 11 is 7.72. The van der Waals surface area contributed by atoms with E-state index < -0.39 is 0 Å². The molecule has 2 heterocycles. The summed E-state index contributed by atoms with van der Waals surface area (Å²) in [6, 6.07) is 20.2. The van der Waals surface area contributed by atoms with Gasteiger partial charge >= 0.3 is 0 Å². The van der Waals surface area contributed by atoms with Gasteiger partial charge in [0.15, 0.2) is 11.0 Å². The van der Waals surface area contributed by atoms with Crippen molar-refractivity contribution < 1.29 is 4.39 Å². The zero-order valence-electron chi connectivity index (χ0n) is 14.8. The summed E-state index contributed by atoms with van der Waals surface area (Å²) in [5.74, 6) is 1.05. The molecule has 0 unspecified atom stereocenters. The first-order valence-corrected chi connectivity index (χ1v) is 10.0. The molecule has 0 fully saturated rings. The number of nitrogens with zero attached hydrogens (tertiary/aromatic N) is 4. The third-order valence-corrected chi connectivity index (χ3v) is 5.55. The molecule has 7 heteroatoms. The van der Waals surface area contributed by atoms with Crippen molar-refractivity contribution in [3.63, 3.8) is 0 Å². The summed E-state index contributed by atoms with van der Waals surface area (Å²) in [6.45, 7) is 0.615. The van der Waals surface area contributed by atoms with Crippen LogP contribution in [0.2, 0.25) is 5.15 Å². The quantitative estimate of drug-likeness (QED) is 0.312. The Morgan fingerprint density at radius 3 is 2.46 bits per heavy atom. The first-order chi connectivity index (χ1) is 13.7. The predicted molar refractivity (Wildman–Crippen MR) is 110 cm³/mol. The lowest BCUT2D eigenvalue weighted by Gasteiger charge is -2.11. The van der Waals surface area contributed by atoms with Gasteiger partial charge in [0.2, 0.25) is 0 Å². The Morgan fingerprint density at radius 1 is 0.929 bits per heavy atom. The molecule has 0 amide bonds. The Morgan fingerprint density at radius 2 is 1.71 bits per heavy atom. The van der Waals surface area contributed by atoms with E-state index in [4.69, 9.17) is 11.6 Å². The van der Waals surface area contributed by atoms with Crippen LogP contribution in [0.5, 0.6) is 0 Å². The van der Waals surface area contributed by atoms with Crippen LogP contribution in [0, 0.1) is 5.82 Å². The van der Waals surface area contributed by atoms with Crippen molar-refractivity contribution in [3.8, 4) is 11.4 Å². The van der Waals surface area contributed by atoms with Crippen molar-refractivity contribution in [3.05, 3.63) is 95.0 Å². The lowest BCUT2D eigenvalue weighted by molar-refractivity contribution is 0.628. The normalized spacial score (nSPS) is 10.9. The molecule has 2 aromatic carbocycles. The van der Waals surface area contributed by atoms with Gasteiger partial charge in [-0.2, -0.15) is 0 Å². The van der Waals surface area contributed by atoms with E-state index in [2.05, 4.69) is 27.3 Å². The van der Waals surface area contributed by atoms with E-state index in [1.165, 1.54) is 12.1 Å². The van der Waals surface area contributed by atoms with Crippen molar-refractivity contribution in [2.45, 2.75) is 17.5 Å². The third kappa shape index (κ3) is 4.24. The van der Waals surface area contributed by atoms with Gasteiger partial charge in [0.25, 0.3) is 0 Å². The lowest BCUT2D eigenvalue weighted by atomic mass is 10.2. The van der Waals surface area contributed by atoms with Crippen LogP contribution >= 0.6 is 23.4 Å². The molecular formula is C21H16ClFN4S. The fourth-order valence-corrected chi connectivity index (χ4v) is 3.97. The van der Waals surface area contributed by atoms with Crippen molar-refractivity contribution in [1.29, 1.82) is 0 Å². The highest BCUT2D eigenvalue weighted by Crippen LogP contribution is 2.29. The molecule has 4 aromatic rings. The average Bonchev–Trinajstić information content (AvgIpc) is 3.11. The van der Waals surface area contributed by atoms with Crippen LogP contribution in [0.4, 0.5) is 4.39 Å². The van der Waals surface area contributed by atoms with Crippen LogP contribution in [0.15, 0.2) is 78.1 Å². The fourth-order valence-electron chi connectivity index (χ4n) is 2.79. The number of hydrogen-bond donors (Lipinski definition) is 0. The predicted octanol–water partition coefficient (Wildman–Crippen LogP) is 5.47. The molecule has 0 aliphatic heterocycles. The molecule has 0 aliphatic carbocycles. The number of hydrogen-bond acceptors (Lipinski definition) is 4. The maximum Gasteiger partial charge on any atom is 0.192 e. The maximum absolute atomic E-state index is 13.3. The summed E-state index contributed by atoms with van der Waals surface area (Å²) < 4.78 is 15.4. The van der Waals surface area contributed by atoms with E-state index in [1.54, 1.807) is 30.1 Å². The minimum atomic E-state index is -0.279. The summed E-state index contributed by atoms with van der Waals surface area (Å²) in [7, 11) is 0. The van der Waals surface area contributed by atoms with Crippen LogP contribution in [0.3, 0.4) is 0 Å². The first kappa shape index (κ1) is 18.7. The van der Waals surface area contributed by atoms with Crippen LogP contribution in [0.25, 0.3) is 11.4 Å². The molecule has 0 radical (unpaired) electrons. The van der Waals surface area contributed by atoms with Gasteiger partial charge in [-0.3, -0.25) is 4.57 Å². The Hall–Kier alpha value is -2.70. The van der Waals surface area contributed by atoms with Crippen molar-refractivity contribution >= 4 is 23.4 Å². The second-order valence-corrected chi connectivity index (χ2v) is 7.43. The zero-order valence-corrected chi connectivity index (χ0v) is 16.4. The minimum absolute atomic E-state index is 0.279. The Kier molecular flexibility index (Phi) is 5.69. The Balaban J connectivity index is 1.67. The zero-order chi connectivity index (χ0) is 19.3. The molecule has 0 atom stereocenters. The molecule has 0 saturated carbocycles. The van der Waals surface area contributed by atoms with Gasteiger partial charge < -0.3 is 0 Å². The SMILES string of the molecule is Fc1ccc(-c2nnc(SCc3cccnc3Cl)n2Cc2ccccc2)cc1. The Bertz CT molecular complexity index is 1070. The van der Waals surface area contributed by atoms with Crippen LogP contribution in [-0.4, -0.2) is 19.7 Å². The smallest absolute Gasteiger partial charge is 0.192 e. The molecule has 140 valence electrons. The highest BCUT2D eigenvalue weighted by atomic mass is 35.5. The highest BCUT2D eigenvalue weighted by molar-refractivity contribution is 7.98. The molecule has 0 saturated heterocycles. The van der Waals surface area contributed by atoms with Gasteiger partial charge in [-0.05, 0) is 41.5 Å². The van der Waals surface area contributed by atoms with Crippen LogP contribution < -0.4 is 0 Å². The van der Waals surface area contributed by atoms with E-state index in [1.807, 2.05) is 34.9 Å². The van der Waals surface area contributed by atoms with Gasteiger partial charge in [-0.25, -0.2) is 9.37 Å². The second-order valence-electron chi connectivity index (χ2n) is 6.13. The molecule has 4 rings (SSSR count). The summed E-state index contributed by atoms with van der Waals surface area (Å²) in [4.78, 5) is 4.12. The molecule has 28 heavy (non-hydrogen) atoms. The van der Waals surface area contributed by atoms with Gasteiger partial charge in [0.1, 0.15) is 11.0 Å². The van der Waals surface area contributed by atoms with E-state index in [-0.39, 0.29) is 5.82 Å². The molecule has 0 bridgehead atoms. The largest absolute Gasteiger partial charge is 0.298 e. The number of halogens is 2. The number of benzene rings is 2. The summed E-state index contributed by atoms with van der Waals surface area (Å²) in [6.07, 6.45) is 1.67. The molecule has 0 aliphatic rings. The standard InChI is InChI=1S/C21H16ClFN4S/c22-19-17(7-4-12-24-19)14-28-21-26-25-20(16-8-10-18(23)11-9-16)27(21)13-15-5-2-1-3-6-15/h1-12H,13-14H2. The number of rotatable bonds is 6. The third-order valence-electron chi connectivity index (χ3n) is 4.20.